The fourth-order valence-electron chi connectivity index (χ4n) is 2.96. The van der Waals surface area contributed by atoms with Gasteiger partial charge in [0.1, 0.15) is 6.61 Å². The van der Waals surface area contributed by atoms with E-state index in [1.165, 1.54) is 10.6 Å². The van der Waals surface area contributed by atoms with Crippen molar-refractivity contribution in [3.63, 3.8) is 0 Å². The Balaban J connectivity index is 1.74. The van der Waals surface area contributed by atoms with E-state index in [0.717, 1.165) is 0 Å². The number of amides is 1. The number of ether oxygens (including phenoxy) is 1. The molecule has 0 aliphatic carbocycles. The van der Waals surface area contributed by atoms with Gasteiger partial charge in [-0.15, -0.1) is 0 Å². The Bertz CT molecular complexity index is 1080. The maximum absolute atomic E-state index is 13.8. The number of rotatable bonds is 6. The number of hydrogen-bond donors (Lipinski definition) is 2. The van der Waals surface area contributed by atoms with Gasteiger partial charge < -0.3 is 10.1 Å². The highest BCUT2D eigenvalue weighted by atomic mass is 19.1. The molecular formula is C21H25FN4O3. The molecule has 7 nitrogen and oxygen atoms in total. The minimum Gasteiger partial charge on any atom is -0.488 e. The third-order valence-corrected chi connectivity index (χ3v) is 4.81. The van der Waals surface area contributed by atoms with Crippen LogP contribution >= 0.6 is 0 Å². The lowest BCUT2D eigenvalue weighted by atomic mass is 9.87. The van der Waals surface area contributed by atoms with Crippen molar-refractivity contribution in [2.24, 2.45) is 5.41 Å². The molecule has 3 aromatic rings. The van der Waals surface area contributed by atoms with Gasteiger partial charge in [0, 0.05) is 23.5 Å². The van der Waals surface area contributed by atoms with Crippen LogP contribution in [0.4, 0.5) is 4.39 Å². The van der Waals surface area contributed by atoms with Crippen molar-refractivity contribution in [3.8, 4) is 5.75 Å². The van der Waals surface area contributed by atoms with Crippen molar-refractivity contribution < 1.29 is 13.9 Å². The molecule has 0 fully saturated rings. The standard InChI is InChI=1S/C21H25FN4O3/c1-13-14(20(28)26-18(24-13)9-10-23-26)11-19(27)25-17(21(2,3)4)12-29-16-8-6-5-7-15(16)22/h5-10,17,23H,11-12H2,1-4H3,(H,25,27). The molecule has 2 N–H and O–H groups in total. The minimum absolute atomic E-state index is 0.0993. The number of nitrogens with zero attached hydrogens (tertiary/aromatic N) is 2. The number of para-hydroxylation sites is 1. The van der Waals surface area contributed by atoms with Gasteiger partial charge in [0.2, 0.25) is 5.91 Å². The summed E-state index contributed by atoms with van der Waals surface area (Å²) in [4.78, 5) is 29.7. The van der Waals surface area contributed by atoms with Crippen LogP contribution < -0.4 is 15.6 Å². The van der Waals surface area contributed by atoms with E-state index in [4.69, 9.17) is 4.74 Å². The monoisotopic (exact) mass is 400 g/mol. The smallest absolute Gasteiger partial charge is 0.276 e. The van der Waals surface area contributed by atoms with Gasteiger partial charge in [-0.3, -0.25) is 14.7 Å². The van der Waals surface area contributed by atoms with Gasteiger partial charge in [0.15, 0.2) is 17.2 Å². The lowest BCUT2D eigenvalue weighted by molar-refractivity contribution is -0.122. The average Bonchev–Trinajstić information content (AvgIpc) is 3.11. The van der Waals surface area contributed by atoms with Crippen molar-refractivity contribution >= 4 is 11.6 Å². The molecule has 3 rings (SSSR count). The summed E-state index contributed by atoms with van der Waals surface area (Å²) >= 11 is 0. The van der Waals surface area contributed by atoms with Crippen LogP contribution in [-0.2, 0) is 11.2 Å². The number of fused-ring (bicyclic) bond motifs is 1. The molecule has 154 valence electrons. The predicted octanol–water partition coefficient (Wildman–Crippen LogP) is 2.62. The quantitative estimate of drug-likeness (QED) is 0.666. The topological polar surface area (TPSA) is 88.5 Å². The number of aryl methyl sites for hydroxylation is 1. The van der Waals surface area contributed by atoms with Gasteiger partial charge in [0.25, 0.3) is 5.56 Å². The van der Waals surface area contributed by atoms with Crippen LogP contribution in [0.15, 0.2) is 41.3 Å². The summed E-state index contributed by atoms with van der Waals surface area (Å²) in [5.74, 6) is -0.650. The van der Waals surface area contributed by atoms with Crippen molar-refractivity contribution in [1.82, 2.24) is 19.9 Å². The van der Waals surface area contributed by atoms with E-state index in [0.29, 0.717) is 16.9 Å². The maximum Gasteiger partial charge on any atom is 0.276 e. The van der Waals surface area contributed by atoms with Gasteiger partial charge in [0.05, 0.1) is 12.5 Å². The Morgan fingerprint density at radius 2 is 2.03 bits per heavy atom. The second kappa shape index (κ2) is 8.06. The van der Waals surface area contributed by atoms with Gasteiger partial charge >= 0.3 is 0 Å². The zero-order valence-electron chi connectivity index (χ0n) is 17.0. The molecule has 1 amide bonds. The van der Waals surface area contributed by atoms with Crippen molar-refractivity contribution in [3.05, 3.63) is 64.0 Å². The summed E-state index contributed by atoms with van der Waals surface area (Å²) in [6, 6.07) is 7.43. The van der Waals surface area contributed by atoms with Gasteiger partial charge in [-0.2, -0.15) is 0 Å². The van der Waals surface area contributed by atoms with Crippen LogP contribution in [0.25, 0.3) is 5.65 Å². The molecule has 1 atom stereocenters. The SMILES string of the molecule is Cc1nc2cc[nH]n2c(=O)c1CC(=O)NC(COc1ccccc1F)C(C)(C)C. The second-order valence-electron chi connectivity index (χ2n) is 8.04. The minimum atomic E-state index is -0.458. The number of H-pyrrole nitrogens is 1. The largest absolute Gasteiger partial charge is 0.488 e. The molecule has 29 heavy (non-hydrogen) atoms. The van der Waals surface area contributed by atoms with Crippen LogP contribution in [0.3, 0.4) is 0 Å². The van der Waals surface area contributed by atoms with Gasteiger partial charge in [-0.1, -0.05) is 32.9 Å². The Hall–Kier alpha value is -3.16. The van der Waals surface area contributed by atoms with Crippen LogP contribution in [0.2, 0.25) is 0 Å². The van der Waals surface area contributed by atoms with E-state index in [2.05, 4.69) is 15.4 Å². The van der Waals surface area contributed by atoms with Crippen LogP contribution in [0.5, 0.6) is 5.75 Å². The third kappa shape index (κ3) is 4.64. The molecule has 0 bridgehead atoms. The molecule has 2 aromatic heterocycles. The normalized spacial score (nSPS) is 12.7. The second-order valence-corrected chi connectivity index (χ2v) is 8.04. The van der Waals surface area contributed by atoms with E-state index < -0.39 is 5.82 Å². The lowest BCUT2D eigenvalue weighted by Gasteiger charge is -2.31. The fraction of sp³-hybridized carbons (Fsp3) is 0.381. The first-order chi connectivity index (χ1) is 13.7. The molecule has 1 unspecified atom stereocenters. The molecule has 8 heteroatoms. The zero-order chi connectivity index (χ0) is 21.2. The highest BCUT2D eigenvalue weighted by molar-refractivity contribution is 5.79. The Kier molecular flexibility index (Phi) is 5.72. The van der Waals surface area contributed by atoms with Crippen LogP contribution in [0.1, 0.15) is 32.0 Å². The Morgan fingerprint density at radius 3 is 2.72 bits per heavy atom. The van der Waals surface area contributed by atoms with Gasteiger partial charge in [-0.05, 0) is 24.5 Å². The fourth-order valence-corrected chi connectivity index (χ4v) is 2.96. The summed E-state index contributed by atoms with van der Waals surface area (Å²) in [7, 11) is 0. The molecule has 0 aliphatic heterocycles. The number of aromatic nitrogens is 3. The number of halogens is 1. The number of aromatic amines is 1. The van der Waals surface area contributed by atoms with Crippen molar-refractivity contribution in [2.45, 2.75) is 40.2 Å². The van der Waals surface area contributed by atoms with Crippen molar-refractivity contribution in [2.75, 3.05) is 6.61 Å². The summed E-state index contributed by atoms with van der Waals surface area (Å²) in [6.07, 6.45) is 1.51. The van der Waals surface area contributed by atoms with E-state index >= 15 is 0 Å². The first-order valence-electron chi connectivity index (χ1n) is 9.39. The van der Waals surface area contributed by atoms with Crippen LogP contribution in [-0.4, -0.2) is 33.2 Å². The number of hydrogen-bond acceptors (Lipinski definition) is 4. The number of carbonyl (C=O) groups excluding carboxylic acids is 1. The number of carbonyl (C=O) groups is 1. The van der Waals surface area contributed by atoms with E-state index in [-0.39, 0.29) is 41.7 Å². The molecule has 0 radical (unpaired) electrons. The van der Waals surface area contributed by atoms with E-state index in [9.17, 15) is 14.0 Å². The van der Waals surface area contributed by atoms with E-state index in [1.54, 1.807) is 37.4 Å². The third-order valence-electron chi connectivity index (χ3n) is 4.81. The molecular weight excluding hydrogens is 375 g/mol. The highest BCUT2D eigenvalue weighted by Crippen LogP contribution is 2.22. The summed E-state index contributed by atoms with van der Waals surface area (Å²) in [5, 5.41) is 5.71. The molecule has 2 heterocycles. The maximum atomic E-state index is 13.8. The number of benzene rings is 1. The summed E-state index contributed by atoms with van der Waals surface area (Å²) in [5.41, 5.74) is 0.696. The average molecular weight is 400 g/mol. The summed E-state index contributed by atoms with van der Waals surface area (Å²) < 4.78 is 20.7. The zero-order valence-corrected chi connectivity index (χ0v) is 17.0. The molecule has 0 spiro atoms. The van der Waals surface area contributed by atoms with Crippen LogP contribution in [0, 0.1) is 18.2 Å². The summed E-state index contributed by atoms with van der Waals surface area (Å²) in [6.45, 7) is 7.67. The molecule has 1 aromatic carbocycles. The van der Waals surface area contributed by atoms with Crippen molar-refractivity contribution in [1.29, 1.82) is 0 Å². The Labute approximate surface area is 167 Å². The first kappa shape index (κ1) is 20.6. The lowest BCUT2D eigenvalue weighted by Crippen LogP contribution is -2.48. The van der Waals surface area contributed by atoms with Gasteiger partial charge in [-0.25, -0.2) is 13.9 Å². The predicted molar refractivity (Wildman–Crippen MR) is 108 cm³/mol. The number of nitrogens with one attached hydrogen (secondary N) is 2. The Morgan fingerprint density at radius 1 is 1.31 bits per heavy atom. The van der Waals surface area contributed by atoms with E-state index in [1.807, 2.05) is 20.8 Å². The molecule has 0 aliphatic rings. The molecule has 0 saturated carbocycles. The molecule has 0 saturated heterocycles. The highest BCUT2D eigenvalue weighted by Gasteiger charge is 2.28. The first-order valence-corrected chi connectivity index (χ1v) is 9.39.